The Labute approximate surface area is 115 Å². The molecule has 0 aliphatic carbocycles. The maximum absolute atomic E-state index is 11.8. The van der Waals surface area contributed by atoms with Gasteiger partial charge in [-0.05, 0) is 18.1 Å². The molecule has 0 saturated heterocycles. The monoisotopic (exact) mass is 294 g/mol. The molecule has 0 aliphatic heterocycles. The molecule has 0 fully saturated rings. The summed E-state index contributed by atoms with van der Waals surface area (Å²) in [4.78, 5) is 11.8. The van der Waals surface area contributed by atoms with Crippen LogP contribution >= 0.6 is 34.8 Å². The number of carbonyl (C=O) groups is 1. The van der Waals surface area contributed by atoms with Crippen LogP contribution in [0.4, 0.5) is 5.69 Å². The highest BCUT2D eigenvalue weighted by atomic mass is 35.5. The number of rotatable bonds is 3. The molecule has 3 nitrogen and oxygen atoms in total. The molecule has 0 aromatic heterocycles. The van der Waals surface area contributed by atoms with Gasteiger partial charge in [0.2, 0.25) is 5.91 Å². The first-order chi connectivity index (χ1) is 7.82. The summed E-state index contributed by atoms with van der Waals surface area (Å²) in [5.74, 6) is -0.300. The smallest absolute Gasteiger partial charge is 0.241 e. The first-order valence-electron chi connectivity index (χ1n) is 5.04. The van der Waals surface area contributed by atoms with E-state index in [4.69, 9.17) is 40.5 Å². The van der Waals surface area contributed by atoms with E-state index in [9.17, 15) is 4.79 Å². The summed E-state index contributed by atoms with van der Waals surface area (Å²) >= 11 is 17.6. The van der Waals surface area contributed by atoms with Crippen molar-refractivity contribution in [1.82, 2.24) is 0 Å². The molecule has 1 amide bonds. The summed E-state index contributed by atoms with van der Waals surface area (Å²) in [5.41, 5.74) is 6.05. The van der Waals surface area contributed by atoms with Gasteiger partial charge in [0.1, 0.15) is 0 Å². The Morgan fingerprint density at radius 3 is 2.12 bits per heavy atom. The largest absolute Gasteiger partial charge is 0.322 e. The Morgan fingerprint density at radius 1 is 1.24 bits per heavy atom. The number of halogens is 3. The zero-order valence-corrected chi connectivity index (χ0v) is 11.7. The van der Waals surface area contributed by atoms with Crippen LogP contribution in [0.1, 0.15) is 13.8 Å². The molecule has 1 aromatic rings. The molecular weight excluding hydrogens is 282 g/mol. The number of hydrogen-bond acceptors (Lipinski definition) is 2. The molecule has 0 heterocycles. The first kappa shape index (κ1) is 14.6. The van der Waals surface area contributed by atoms with Crippen molar-refractivity contribution in [3.05, 3.63) is 27.2 Å². The molecule has 17 heavy (non-hydrogen) atoms. The molecule has 0 bridgehead atoms. The van der Waals surface area contributed by atoms with Crippen molar-refractivity contribution in [3.8, 4) is 0 Å². The number of carbonyl (C=O) groups excluding carboxylic acids is 1. The summed E-state index contributed by atoms with van der Waals surface area (Å²) in [6, 6.07) is 2.40. The van der Waals surface area contributed by atoms with Crippen molar-refractivity contribution in [1.29, 1.82) is 0 Å². The van der Waals surface area contributed by atoms with Crippen molar-refractivity contribution in [2.45, 2.75) is 19.9 Å². The molecule has 6 heteroatoms. The molecule has 0 radical (unpaired) electrons. The first-order valence-corrected chi connectivity index (χ1v) is 6.17. The molecule has 1 aromatic carbocycles. The van der Waals surface area contributed by atoms with Crippen LogP contribution in [-0.4, -0.2) is 11.9 Å². The number of benzene rings is 1. The molecule has 94 valence electrons. The fraction of sp³-hybridized carbons (Fsp3) is 0.364. The van der Waals surface area contributed by atoms with Crippen molar-refractivity contribution in [2.24, 2.45) is 11.7 Å². The van der Waals surface area contributed by atoms with Gasteiger partial charge in [-0.25, -0.2) is 0 Å². The minimum absolute atomic E-state index is 0.0276. The van der Waals surface area contributed by atoms with Gasteiger partial charge in [0.25, 0.3) is 0 Å². The standard InChI is InChI=1S/C11H13Cl3N2O/c1-5(2)9(15)11(17)16-10-7(13)3-6(12)4-8(10)14/h3-5,9H,15H2,1-2H3,(H,16,17)/t9-/m1/s1. The van der Waals surface area contributed by atoms with E-state index in [1.54, 1.807) is 0 Å². The molecule has 0 unspecified atom stereocenters. The third kappa shape index (κ3) is 3.75. The second-order valence-corrected chi connectivity index (χ2v) is 5.25. The van der Waals surface area contributed by atoms with Gasteiger partial charge < -0.3 is 11.1 Å². The number of amides is 1. The van der Waals surface area contributed by atoms with E-state index in [0.29, 0.717) is 10.7 Å². The van der Waals surface area contributed by atoms with E-state index < -0.39 is 6.04 Å². The van der Waals surface area contributed by atoms with Gasteiger partial charge in [-0.15, -0.1) is 0 Å². The van der Waals surface area contributed by atoms with Crippen LogP contribution in [0, 0.1) is 5.92 Å². The van der Waals surface area contributed by atoms with E-state index >= 15 is 0 Å². The Bertz CT molecular complexity index is 412. The Morgan fingerprint density at radius 2 is 1.71 bits per heavy atom. The van der Waals surface area contributed by atoms with Gasteiger partial charge in [-0.2, -0.15) is 0 Å². The number of nitrogens with two attached hydrogens (primary N) is 1. The Balaban J connectivity index is 2.93. The van der Waals surface area contributed by atoms with Crippen LogP contribution in [0.5, 0.6) is 0 Å². The van der Waals surface area contributed by atoms with Crippen LogP contribution < -0.4 is 11.1 Å². The lowest BCUT2D eigenvalue weighted by Gasteiger charge is -2.16. The topological polar surface area (TPSA) is 55.1 Å². The Kier molecular flexibility index (Phi) is 5.07. The van der Waals surface area contributed by atoms with Gasteiger partial charge in [0.05, 0.1) is 21.8 Å². The number of anilines is 1. The maximum atomic E-state index is 11.8. The van der Waals surface area contributed by atoms with Crippen LogP contribution in [0.3, 0.4) is 0 Å². The predicted molar refractivity (Wildman–Crippen MR) is 72.9 cm³/mol. The normalized spacial score (nSPS) is 12.6. The quantitative estimate of drug-likeness (QED) is 0.895. The molecule has 1 rings (SSSR count). The second kappa shape index (κ2) is 5.91. The summed E-state index contributed by atoms with van der Waals surface area (Å²) in [5, 5.41) is 3.58. The van der Waals surface area contributed by atoms with Gasteiger partial charge >= 0.3 is 0 Å². The van der Waals surface area contributed by atoms with Gasteiger partial charge in [0, 0.05) is 5.02 Å². The van der Waals surface area contributed by atoms with Gasteiger partial charge in [-0.3, -0.25) is 4.79 Å². The molecular formula is C11H13Cl3N2O. The van der Waals surface area contributed by atoms with Crippen LogP contribution in [0.2, 0.25) is 15.1 Å². The zero-order chi connectivity index (χ0) is 13.2. The fourth-order valence-corrected chi connectivity index (χ4v) is 2.08. The molecule has 3 N–H and O–H groups in total. The average molecular weight is 296 g/mol. The number of hydrogen-bond donors (Lipinski definition) is 2. The molecule has 0 saturated carbocycles. The third-order valence-corrected chi connectivity index (χ3v) is 3.09. The second-order valence-electron chi connectivity index (χ2n) is 4.00. The van der Waals surface area contributed by atoms with Crippen molar-refractivity contribution in [2.75, 3.05) is 5.32 Å². The average Bonchev–Trinajstić information content (AvgIpc) is 2.21. The van der Waals surface area contributed by atoms with Gasteiger partial charge in [-0.1, -0.05) is 48.7 Å². The van der Waals surface area contributed by atoms with Gasteiger partial charge in [0.15, 0.2) is 0 Å². The van der Waals surface area contributed by atoms with Crippen molar-refractivity contribution >= 4 is 46.4 Å². The van der Waals surface area contributed by atoms with E-state index in [-0.39, 0.29) is 21.9 Å². The number of nitrogens with one attached hydrogen (secondary N) is 1. The molecule has 1 atom stereocenters. The molecule has 0 aliphatic rings. The maximum Gasteiger partial charge on any atom is 0.241 e. The van der Waals surface area contributed by atoms with E-state index in [0.717, 1.165) is 0 Å². The fourth-order valence-electron chi connectivity index (χ4n) is 1.17. The van der Waals surface area contributed by atoms with E-state index in [1.165, 1.54) is 12.1 Å². The van der Waals surface area contributed by atoms with Crippen LogP contribution in [0.25, 0.3) is 0 Å². The third-order valence-electron chi connectivity index (χ3n) is 2.28. The lowest BCUT2D eigenvalue weighted by Crippen LogP contribution is -2.39. The van der Waals surface area contributed by atoms with Crippen molar-refractivity contribution < 1.29 is 4.79 Å². The summed E-state index contributed by atoms with van der Waals surface area (Å²) < 4.78 is 0. The summed E-state index contributed by atoms with van der Waals surface area (Å²) in [7, 11) is 0. The predicted octanol–water partition coefficient (Wildman–Crippen LogP) is 3.57. The zero-order valence-electron chi connectivity index (χ0n) is 9.43. The Hall–Kier alpha value is -0.480. The van der Waals surface area contributed by atoms with E-state index in [1.807, 2.05) is 13.8 Å². The summed E-state index contributed by atoms with van der Waals surface area (Å²) in [6.07, 6.45) is 0. The highest BCUT2D eigenvalue weighted by molar-refractivity contribution is 6.42. The minimum Gasteiger partial charge on any atom is -0.322 e. The van der Waals surface area contributed by atoms with Crippen molar-refractivity contribution in [3.63, 3.8) is 0 Å². The summed E-state index contributed by atoms with van der Waals surface area (Å²) in [6.45, 7) is 3.71. The van der Waals surface area contributed by atoms with Crippen LogP contribution in [0.15, 0.2) is 12.1 Å². The highest BCUT2D eigenvalue weighted by Crippen LogP contribution is 2.33. The molecule has 0 spiro atoms. The van der Waals surface area contributed by atoms with Crippen LogP contribution in [-0.2, 0) is 4.79 Å². The van der Waals surface area contributed by atoms with E-state index in [2.05, 4.69) is 5.32 Å². The highest BCUT2D eigenvalue weighted by Gasteiger charge is 2.19. The minimum atomic E-state index is -0.613. The lowest BCUT2D eigenvalue weighted by molar-refractivity contribution is -0.118. The lowest BCUT2D eigenvalue weighted by atomic mass is 10.0. The SMILES string of the molecule is CC(C)[C@@H](N)C(=O)Nc1c(Cl)cc(Cl)cc1Cl.